The fourth-order valence-corrected chi connectivity index (χ4v) is 3.03. The molecule has 1 aromatic rings. The SMILES string of the molecule is CCOC(=O)[C@@]1(C(=O)OC(C)(C)C)[C@H](C)[C@@H]1/C=C/c1ccccc1. The van der Waals surface area contributed by atoms with Gasteiger partial charge in [0.2, 0.25) is 0 Å². The van der Waals surface area contributed by atoms with Crippen LogP contribution in [0.2, 0.25) is 0 Å². The Morgan fingerprint density at radius 1 is 1.17 bits per heavy atom. The molecule has 0 bridgehead atoms. The van der Waals surface area contributed by atoms with Gasteiger partial charge in [0.05, 0.1) is 6.61 Å². The number of rotatable bonds is 5. The van der Waals surface area contributed by atoms with Gasteiger partial charge < -0.3 is 9.47 Å². The first kappa shape index (κ1) is 18.2. The van der Waals surface area contributed by atoms with E-state index < -0.39 is 23.0 Å². The molecule has 0 radical (unpaired) electrons. The largest absolute Gasteiger partial charge is 0.465 e. The molecule has 1 aliphatic carbocycles. The second kappa shape index (κ2) is 6.80. The number of ether oxygens (including phenoxy) is 2. The molecule has 2 rings (SSSR count). The van der Waals surface area contributed by atoms with Crippen molar-refractivity contribution >= 4 is 18.0 Å². The Labute approximate surface area is 143 Å². The summed E-state index contributed by atoms with van der Waals surface area (Å²) in [6.07, 6.45) is 3.85. The molecule has 0 aromatic heterocycles. The fourth-order valence-electron chi connectivity index (χ4n) is 3.03. The molecule has 1 aliphatic rings. The molecule has 3 atom stereocenters. The number of allylic oxidation sites excluding steroid dienone is 1. The quantitative estimate of drug-likeness (QED) is 0.608. The number of hydrogen-bond acceptors (Lipinski definition) is 4. The van der Waals surface area contributed by atoms with Crippen LogP contribution in [0.4, 0.5) is 0 Å². The van der Waals surface area contributed by atoms with E-state index >= 15 is 0 Å². The molecule has 4 heteroatoms. The number of carbonyl (C=O) groups excluding carboxylic acids is 2. The van der Waals surface area contributed by atoms with E-state index in [9.17, 15) is 9.59 Å². The van der Waals surface area contributed by atoms with Crippen LogP contribution < -0.4 is 0 Å². The molecule has 0 N–H and O–H groups in total. The van der Waals surface area contributed by atoms with Gasteiger partial charge in [-0.25, -0.2) is 0 Å². The van der Waals surface area contributed by atoms with Crippen molar-refractivity contribution in [2.75, 3.05) is 6.61 Å². The summed E-state index contributed by atoms with van der Waals surface area (Å²) in [5, 5.41) is 0. The van der Waals surface area contributed by atoms with Gasteiger partial charge in [-0.15, -0.1) is 0 Å². The molecule has 1 fully saturated rings. The van der Waals surface area contributed by atoms with Gasteiger partial charge in [0, 0.05) is 5.92 Å². The zero-order valence-electron chi connectivity index (χ0n) is 15.0. The number of benzene rings is 1. The van der Waals surface area contributed by atoms with E-state index in [4.69, 9.17) is 9.47 Å². The zero-order chi connectivity index (χ0) is 18.0. The molecule has 1 aromatic carbocycles. The molecule has 0 unspecified atom stereocenters. The van der Waals surface area contributed by atoms with E-state index in [1.165, 1.54) is 0 Å². The Morgan fingerprint density at radius 2 is 1.79 bits per heavy atom. The molecule has 1 saturated carbocycles. The highest BCUT2D eigenvalue weighted by Gasteiger charge is 2.73. The lowest BCUT2D eigenvalue weighted by Gasteiger charge is -2.23. The predicted molar refractivity (Wildman–Crippen MR) is 93.0 cm³/mol. The number of hydrogen-bond donors (Lipinski definition) is 0. The number of carbonyl (C=O) groups is 2. The van der Waals surface area contributed by atoms with Gasteiger partial charge in [-0.1, -0.05) is 49.4 Å². The Bertz CT molecular complexity index is 627. The van der Waals surface area contributed by atoms with Crippen LogP contribution in [0.25, 0.3) is 6.08 Å². The second-order valence-corrected chi connectivity index (χ2v) is 7.18. The van der Waals surface area contributed by atoms with Gasteiger partial charge in [0.25, 0.3) is 0 Å². The van der Waals surface area contributed by atoms with Gasteiger partial charge in [-0.05, 0) is 39.2 Å². The maximum atomic E-state index is 12.7. The monoisotopic (exact) mass is 330 g/mol. The Balaban J connectivity index is 2.26. The van der Waals surface area contributed by atoms with Crippen LogP contribution in [0.1, 0.15) is 40.2 Å². The lowest BCUT2D eigenvalue weighted by atomic mass is 10.0. The van der Waals surface area contributed by atoms with Gasteiger partial charge in [0.1, 0.15) is 5.60 Å². The van der Waals surface area contributed by atoms with Crippen molar-refractivity contribution in [1.29, 1.82) is 0 Å². The van der Waals surface area contributed by atoms with E-state index in [0.29, 0.717) is 0 Å². The van der Waals surface area contributed by atoms with Crippen LogP contribution in [-0.2, 0) is 19.1 Å². The minimum absolute atomic E-state index is 0.147. The lowest BCUT2D eigenvalue weighted by molar-refractivity contribution is -0.172. The maximum Gasteiger partial charge on any atom is 0.324 e. The van der Waals surface area contributed by atoms with Crippen LogP contribution in [0, 0.1) is 17.3 Å². The van der Waals surface area contributed by atoms with Gasteiger partial charge in [-0.3, -0.25) is 9.59 Å². The topological polar surface area (TPSA) is 52.6 Å². The molecule has 0 amide bonds. The minimum Gasteiger partial charge on any atom is -0.465 e. The highest BCUT2D eigenvalue weighted by atomic mass is 16.6. The molecule has 4 nitrogen and oxygen atoms in total. The van der Waals surface area contributed by atoms with Crippen molar-refractivity contribution in [3.05, 3.63) is 42.0 Å². The summed E-state index contributed by atoms with van der Waals surface area (Å²) in [6.45, 7) is 9.26. The van der Waals surface area contributed by atoms with Crippen LogP contribution in [0.5, 0.6) is 0 Å². The van der Waals surface area contributed by atoms with E-state index in [1.54, 1.807) is 27.7 Å². The molecular formula is C20H26O4. The molecule has 24 heavy (non-hydrogen) atoms. The van der Waals surface area contributed by atoms with E-state index in [-0.39, 0.29) is 18.4 Å². The summed E-state index contributed by atoms with van der Waals surface area (Å²) in [5.41, 5.74) is -0.847. The lowest BCUT2D eigenvalue weighted by Crippen LogP contribution is -2.37. The molecule has 0 heterocycles. The van der Waals surface area contributed by atoms with Gasteiger partial charge >= 0.3 is 11.9 Å². The first-order valence-electron chi connectivity index (χ1n) is 8.37. The Hall–Kier alpha value is -2.10. The van der Waals surface area contributed by atoms with Gasteiger partial charge in [0.15, 0.2) is 5.41 Å². The van der Waals surface area contributed by atoms with Crippen molar-refractivity contribution in [3.63, 3.8) is 0 Å². The van der Waals surface area contributed by atoms with Crippen LogP contribution >= 0.6 is 0 Å². The van der Waals surface area contributed by atoms with Gasteiger partial charge in [-0.2, -0.15) is 0 Å². The summed E-state index contributed by atoms with van der Waals surface area (Å²) in [7, 11) is 0. The van der Waals surface area contributed by atoms with Crippen LogP contribution in [0.3, 0.4) is 0 Å². The third-order valence-corrected chi connectivity index (χ3v) is 4.32. The molecule has 130 valence electrons. The average Bonchev–Trinajstić information content (AvgIpc) is 3.10. The summed E-state index contributed by atoms with van der Waals surface area (Å²) in [5.74, 6) is -1.35. The first-order valence-corrected chi connectivity index (χ1v) is 8.37. The summed E-state index contributed by atoms with van der Waals surface area (Å²) in [6, 6.07) is 9.79. The van der Waals surface area contributed by atoms with Crippen molar-refractivity contribution in [1.82, 2.24) is 0 Å². The van der Waals surface area contributed by atoms with E-state index in [1.807, 2.05) is 49.4 Å². The zero-order valence-corrected chi connectivity index (χ0v) is 15.0. The molecule has 0 saturated heterocycles. The van der Waals surface area contributed by atoms with Crippen molar-refractivity contribution < 1.29 is 19.1 Å². The third-order valence-electron chi connectivity index (χ3n) is 4.32. The Morgan fingerprint density at radius 3 is 2.33 bits per heavy atom. The van der Waals surface area contributed by atoms with E-state index in [0.717, 1.165) is 5.56 Å². The Kier molecular flexibility index (Phi) is 5.16. The highest BCUT2D eigenvalue weighted by molar-refractivity contribution is 6.05. The van der Waals surface area contributed by atoms with Crippen LogP contribution in [0.15, 0.2) is 36.4 Å². The van der Waals surface area contributed by atoms with Crippen molar-refractivity contribution in [3.8, 4) is 0 Å². The van der Waals surface area contributed by atoms with E-state index in [2.05, 4.69) is 0 Å². The van der Waals surface area contributed by atoms with Crippen LogP contribution in [-0.4, -0.2) is 24.1 Å². The summed E-state index contributed by atoms with van der Waals surface area (Å²) >= 11 is 0. The highest BCUT2D eigenvalue weighted by Crippen LogP contribution is 2.61. The molecular weight excluding hydrogens is 304 g/mol. The first-order chi connectivity index (χ1) is 11.2. The fraction of sp³-hybridized carbons (Fsp3) is 0.500. The molecule has 0 aliphatic heterocycles. The average molecular weight is 330 g/mol. The second-order valence-electron chi connectivity index (χ2n) is 7.18. The maximum absolute atomic E-state index is 12.7. The smallest absolute Gasteiger partial charge is 0.324 e. The summed E-state index contributed by atoms with van der Waals surface area (Å²) in [4.78, 5) is 25.3. The number of esters is 2. The van der Waals surface area contributed by atoms with Crippen molar-refractivity contribution in [2.45, 2.75) is 40.2 Å². The minimum atomic E-state index is -1.23. The molecule has 0 spiro atoms. The normalized spacial score (nSPS) is 26.2. The standard InChI is InChI=1S/C20H26O4/c1-6-23-17(21)20(18(22)24-19(3,4)5)14(2)16(20)13-12-15-10-8-7-9-11-15/h7-14,16H,6H2,1-5H3/b13-12+/t14-,16+,20-/m1/s1. The third kappa shape index (κ3) is 3.53. The predicted octanol–water partition coefficient (Wildman–Crippen LogP) is 3.86. The van der Waals surface area contributed by atoms with Crippen molar-refractivity contribution in [2.24, 2.45) is 17.3 Å². The summed E-state index contributed by atoms with van der Waals surface area (Å²) < 4.78 is 10.7.